The zero-order valence-electron chi connectivity index (χ0n) is 13.4. The van der Waals surface area contributed by atoms with Crippen LogP contribution in [0.1, 0.15) is 44.5 Å². The van der Waals surface area contributed by atoms with Crippen molar-refractivity contribution in [1.82, 2.24) is 4.98 Å². The number of carbonyl (C=O) groups is 1. The van der Waals surface area contributed by atoms with Gasteiger partial charge in [-0.05, 0) is 6.42 Å². The number of hydrogen-bond donors (Lipinski definition) is 0. The van der Waals surface area contributed by atoms with Crippen molar-refractivity contribution >= 4 is 86.7 Å². The number of aromatic nitrogens is 1. The number of nitrogens with zero attached hydrogens (tertiary/aromatic N) is 1. The van der Waals surface area contributed by atoms with Gasteiger partial charge in [-0.15, -0.1) is 11.3 Å². The first-order chi connectivity index (χ1) is 10.8. The summed E-state index contributed by atoms with van der Waals surface area (Å²) in [6.07, 6.45) is 2.40. The van der Waals surface area contributed by atoms with E-state index in [0.29, 0.717) is 6.42 Å². The molecule has 0 saturated carbocycles. The third-order valence-corrected chi connectivity index (χ3v) is 7.26. The normalized spacial score (nSPS) is 18.0. The van der Waals surface area contributed by atoms with Gasteiger partial charge in [0.2, 0.25) is 0 Å². The minimum atomic E-state index is -1.48. The van der Waals surface area contributed by atoms with Crippen molar-refractivity contribution in [3.8, 4) is 0 Å². The van der Waals surface area contributed by atoms with Crippen molar-refractivity contribution in [3.63, 3.8) is 0 Å². The first-order valence-corrected chi connectivity index (χ1v) is 10.5. The van der Waals surface area contributed by atoms with E-state index in [-0.39, 0.29) is 35.9 Å². The molecule has 0 aliphatic carbocycles. The van der Waals surface area contributed by atoms with Crippen LogP contribution in [0, 0.1) is 17.8 Å². The lowest BCUT2D eigenvalue weighted by atomic mass is 9.82. The summed E-state index contributed by atoms with van der Waals surface area (Å²) in [6, 6.07) is 0. The summed E-state index contributed by atoms with van der Waals surface area (Å²) >= 11 is 37.1. The van der Waals surface area contributed by atoms with Crippen LogP contribution in [0.25, 0.3) is 0 Å². The second-order valence-electron chi connectivity index (χ2n) is 6.06. The van der Waals surface area contributed by atoms with E-state index in [1.807, 2.05) is 19.2 Å². The van der Waals surface area contributed by atoms with E-state index in [4.69, 9.17) is 69.6 Å². The molecule has 0 aliphatic heterocycles. The average Bonchev–Trinajstić information content (AvgIpc) is 2.95. The molecular weight excluding hydrogens is 455 g/mol. The number of ketones is 1. The Hall–Kier alpha value is 1.04. The van der Waals surface area contributed by atoms with Crippen LogP contribution in [0.15, 0.2) is 11.6 Å². The molecule has 0 saturated heterocycles. The van der Waals surface area contributed by atoms with Gasteiger partial charge >= 0.3 is 0 Å². The van der Waals surface area contributed by atoms with E-state index in [0.717, 1.165) is 5.01 Å². The molecule has 0 amide bonds. The molecule has 9 heteroatoms. The first kappa shape index (κ1) is 23.1. The third kappa shape index (κ3) is 6.98. The summed E-state index contributed by atoms with van der Waals surface area (Å²) in [5, 5.41) is 2.71. The Balaban J connectivity index is 2.93. The van der Waals surface area contributed by atoms with Crippen molar-refractivity contribution in [1.29, 1.82) is 0 Å². The van der Waals surface area contributed by atoms with Crippen molar-refractivity contribution in [2.24, 2.45) is 17.8 Å². The standard InChI is InChI=1S/C15H19Cl6NOS/c1-8(14(16,17)18)6-11(13-22-4-5-24-13)10(3)12(23)7-9(2)15(19,20)21/h4-5,8-11H,6-7H2,1-3H3/t8-,9-,10?,11+/m0/s1. The van der Waals surface area contributed by atoms with Crippen LogP contribution < -0.4 is 0 Å². The number of carbonyl (C=O) groups excluding carboxylic acids is 1. The minimum absolute atomic E-state index is 0.00513. The number of Topliss-reactive ketones (excluding diaryl/α,β-unsaturated/α-hetero) is 1. The summed E-state index contributed by atoms with van der Waals surface area (Å²) < 4.78 is -2.87. The molecule has 0 fully saturated rings. The molecular formula is C15H19Cl6NOS. The molecule has 1 aromatic heterocycles. The summed E-state index contributed by atoms with van der Waals surface area (Å²) in [5.74, 6) is -1.09. The molecule has 0 aromatic carbocycles. The molecule has 1 heterocycles. The number of alkyl halides is 6. The lowest BCUT2D eigenvalue weighted by molar-refractivity contribution is -0.124. The summed E-state index contributed by atoms with van der Waals surface area (Å²) in [7, 11) is 0. The fraction of sp³-hybridized carbons (Fsp3) is 0.733. The topological polar surface area (TPSA) is 30.0 Å². The highest BCUT2D eigenvalue weighted by Crippen LogP contribution is 2.44. The van der Waals surface area contributed by atoms with E-state index in [1.54, 1.807) is 13.1 Å². The van der Waals surface area contributed by atoms with Gasteiger partial charge < -0.3 is 0 Å². The highest BCUT2D eigenvalue weighted by molar-refractivity contribution is 7.09. The van der Waals surface area contributed by atoms with Crippen LogP contribution in [0.4, 0.5) is 0 Å². The summed E-state index contributed by atoms with van der Waals surface area (Å²) in [4.78, 5) is 17.0. The average molecular weight is 474 g/mol. The van der Waals surface area contributed by atoms with Crippen LogP contribution in [0.5, 0.6) is 0 Å². The largest absolute Gasteiger partial charge is 0.299 e. The van der Waals surface area contributed by atoms with Gasteiger partial charge in [0.1, 0.15) is 5.78 Å². The van der Waals surface area contributed by atoms with Gasteiger partial charge in [-0.2, -0.15) is 0 Å². The van der Waals surface area contributed by atoms with Crippen molar-refractivity contribution in [2.75, 3.05) is 0 Å². The molecule has 138 valence electrons. The van der Waals surface area contributed by atoms with E-state index in [2.05, 4.69) is 4.98 Å². The van der Waals surface area contributed by atoms with E-state index >= 15 is 0 Å². The maximum atomic E-state index is 12.7. The first-order valence-electron chi connectivity index (χ1n) is 7.39. The molecule has 0 N–H and O–H groups in total. The fourth-order valence-electron chi connectivity index (χ4n) is 2.28. The van der Waals surface area contributed by atoms with Gasteiger partial charge in [0.25, 0.3) is 0 Å². The summed E-state index contributed by atoms with van der Waals surface area (Å²) in [5.41, 5.74) is 0. The van der Waals surface area contributed by atoms with Crippen molar-refractivity contribution in [3.05, 3.63) is 16.6 Å². The van der Waals surface area contributed by atoms with Gasteiger partial charge in [-0.3, -0.25) is 4.79 Å². The van der Waals surface area contributed by atoms with Gasteiger partial charge in [-0.1, -0.05) is 90.4 Å². The molecule has 0 radical (unpaired) electrons. The Morgan fingerprint density at radius 1 is 1.08 bits per heavy atom. The molecule has 1 aromatic rings. The Morgan fingerprint density at radius 2 is 1.62 bits per heavy atom. The number of thiazole rings is 1. The van der Waals surface area contributed by atoms with E-state index in [1.165, 1.54) is 11.3 Å². The summed E-state index contributed by atoms with van der Waals surface area (Å²) in [6.45, 7) is 5.43. The minimum Gasteiger partial charge on any atom is -0.299 e. The lowest BCUT2D eigenvalue weighted by Crippen LogP contribution is -2.28. The molecule has 0 aliphatic rings. The third-order valence-electron chi connectivity index (χ3n) is 4.11. The highest BCUT2D eigenvalue weighted by atomic mass is 35.6. The molecule has 1 rings (SSSR count). The maximum Gasteiger partial charge on any atom is 0.193 e. The molecule has 0 spiro atoms. The van der Waals surface area contributed by atoms with Gasteiger partial charge in [0.05, 0.1) is 5.01 Å². The van der Waals surface area contributed by atoms with E-state index in [9.17, 15) is 4.79 Å². The molecule has 2 nitrogen and oxygen atoms in total. The Kier molecular flexibility index (Phi) is 8.95. The van der Waals surface area contributed by atoms with Crippen LogP contribution in [0.3, 0.4) is 0 Å². The van der Waals surface area contributed by atoms with Gasteiger partial charge in [0, 0.05) is 41.7 Å². The Labute approximate surface area is 177 Å². The van der Waals surface area contributed by atoms with Crippen molar-refractivity contribution < 1.29 is 4.79 Å². The molecule has 1 unspecified atom stereocenters. The second-order valence-corrected chi connectivity index (χ2v) is 11.7. The second kappa shape index (κ2) is 9.30. The quantitative estimate of drug-likeness (QED) is 0.391. The zero-order valence-corrected chi connectivity index (χ0v) is 18.8. The fourth-order valence-corrected chi connectivity index (χ4v) is 3.64. The van der Waals surface area contributed by atoms with Crippen LogP contribution in [-0.4, -0.2) is 18.4 Å². The zero-order chi connectivity index (χ0) is 18.7. The molecule has 24 heavy (non-hydrogen) atoms. The monoisotopic (exact) mass is 471 g/mol. The maximum absolute atomic E-state index is 12.7. The molecule has 4 atom stereocenters. The van der Waals surface area contributed by atoms with E-state index < -0.39 is 7.59 Å². The van der Waals surface area contributed by atoms with Crippen molar-refractivity contribution in [2.45, 2.75) is 47.1 Å². The number of rotatable bonds is 7. The number of halogens is 6. The van der Waals surface area contributed by atoms with Gasteiger partial charge in [0.15, 0.2) is 7.59 Å². The Bertz CT molecular complexity index is 525. The highest BCUT2D eigenvalue weighted by Gasteiger charge is 2.37. The number of hydrogen-bond acceptors (Lipinski definition) is 3. The predicted molar refractivity (Wildman–Crippen MR) is 107 cm³/mol. The smallest absolute Gasteiger partial charge is 0.193 e. The van der Waals surface area contributed by atoms with Crippen LogP contribution >= 0.6 is 80.9 Å². The van der Waals surface area contributed by atoms with Crippen LogP contribution in [0.2, 0.25) is 0 Å². The predicted octanol–water partition coefficient (Wildman–Crippen LogP) is 7.22. The molecule has 0 bridgehead atoms. The SMILES string of the molecule is CC(C(=O)C[C@H](C)C(Cl)(Cl)Cl)[C@@H](C[C@H](C)C(Cl)(Cl)Cl)c1nccs1. The van der Waals surface area contributed by atoms with Gasteiger partial charge in [-0.25, -0.2) is 4.98 Å². The van der Waals surface area contributed by atoms with Crippen LogP contribution in [-0.2, 0) is 4.79 Å². The Morgan fingerprint density at radius 3 is 2.04 bits per heavy atom. The lowest BCUT2D eigenvalue weighted by Gasteiger charge is -2.29.